The minimum absolute atomic E-state index is 0.158. The van der Waals surface area contributed by atoms with E-state index in [1.165, 1.54) is 11.8 Å². The van der Waals surface area contributed by atoms with E-state index in [0.717, 1.165) is 11.3 Å². The van der Waals surface area contributed by atoms with E-state index in [2.05, 4.69) is 15.6 Å². The number of rotatable bonds is 4. The highest BCUT2D eigenvalue weighted by Crippen LogP contribution is 2.41. The quantitative estimate of drug-likeness (QED) is 0.870. The summed E-state index contributed by atoms with van der Waals surface area (Å²) in [6.07, 6.45) is 0. The molecule has 2 aromatic rings. The first kappa shape index (κ1) is 16.7. The van der Waals surface area contributed by atoms with Gasteiger partial charge in [0, 0.05) is 5.69 Å². The number of hydrogen-bond donors (Lipinski definition) is 2. The average molecular weight is 367 g/mol. The van der Waals surface area contributed by atoms with Crippen molar-refractivity contribution in [3.05, 3.63) is 54.1 Å². The Balaban J connectivity index is 1.61. The topological polar surface area (TPSA) is 79.8 Å². The molecule has 0 bridgehead atoms. The second kappa shape index (κ2) is 6.84. The Morgan fingerprint density at radius 3 is 2.65 bits per heavy atom. The lowest BCUT2D eigenvalue weighted by Gasteiger charge is -2.12. The van der Waals surface area contributed by atoms with E-state index in [1.807, 2.05) is 55.5 Å². The number of amidine groups is 1. The summed E-state index contributed by atoms with van der Waals surface area (Å²) in [5.74, 6) is -0.231. The van der Waals surface area contributed by atoms with Gasteiger partial charge in [-0.1, -0.05) is 42.1 Å². The van der Waals surface area contributed by atoms with Crippen molar-refractivity contribution in [3.63, 3.8) is 0 Å². The number of aliphatic imine (C=N–C) groups is 1. The maximum absolute atomic E-state index is 12.5. The van der Waals surface area contributed by atoms with Gasteiger partial charge in [0.2, 0.25) is 11.8 Å². The number of carbonyl (C=O) groups is 2. The van der Waals surface area contributed by atoms with Crippen molar-refractivity contribution in [1.82, 2.24) is 5.32 Å². The van der Waals surface area contributed by atoms with Crippen LogP contribution in [0.25, 0.3) is 0 Å². The van der Waals surface area contributed by atoms with E-state index < -0.39 is 11.2 Å². The molecule has 0 saturated carbocycles. The van der Waals surface area contributed by atoms with Gasteiger partial charge in [-0.15, -0.1) is 0 Å². The number of hydrogen-bond acceptors (Lipinski definition) is 5. The van der Waals surface area contributed by atoms with Gasteiger partial charge >= 0.3 is 0 Å². The molecule has 7 heteroatoms. The average Bonchev–Trinajstić information content (AvgIpc) is 3.15. The third-order valence-electron chi connectivity index (χ3n) is 4.25. The summed E-state index contributed by atoms with van der Waals surface area (Å²) in [7, 11) is 0. The Bertz CT molecular complexity index is 912. The van der Waals surface area contributed by atoms with E-state index >= 15 is 0 Å². The zero-order valence-corrected chi connectivity index (χ0v) is 14.9. The molecule has 0 radical (unpaired) electrons. The molecular weight excluding hydrogens is 350 g/mol. The first-order valence-corrected chi connectivity index (χ1v) is 9.23. The van der Waals surface area contributed by atoms with Gasteiger partial charge in [0.15, 0.2) is 5.17 Å². The van der Waals surface area contributed by atoms with Crippen LogP contribution in [0.1, 0.15) is 18.4 Å². The zero-order valence-electron chi connectivity index (χ0n) is 14.1. The number of anilines is 1. The van der Waals surface area contributed by atoms with E-state index in [4.69, 9.17) is 4.74 Å². The summed E-state index contributed by atoms with van der Waals surface area (Å²) in [4.78, 5) is 29.4. The van der Waals surface area contributed by atoms with Gasteiger partial charge in [-0.3, -0.25) is 9.59 Å². The Kier molecular flexibility index (Phi) is 4.38. The molecule has 2 aliphatic heterocycles. The van der Waals surface area contributed by atoms with Crippen molar-refractivity contribution in [2.75, 3.05) is 11.9 Å². The number of ether oxygens (including phenoxy) is 1. The summed E-state index contributed by atoms with van der Waals surface area (Å²) in [5.41, 5.74) is 2.26. The number of benzene rings is 2. The van der Waals surface area contributed by atoms with Crippen LogP contribution in [-0.4, -0.2) is 28.8 Å². The number of nitrogens with one attached hydrogen (secondary N) is 2. The van der Waals surface area contributed by atoms with Crippen LogP contribution < -0.4 is 15.4 Å². The predicted molar refractivity (Wildman–Crippen MR) is 102 cm³/mol. The van der Waals surface area contributed by atoms with Gasteiger partial charge < -0.3 is 15.4 Å². The molecule has 1 fully saturated rings. The van der Waals surface area contributed by atoms with Gasteiger partial charge in [0.1, 0.15) is 16.7 Å². The van der Waals surface area contributed by atoms with Crippen molar-refractivity contribution in [2.24, 2.45) is 4.99 Å². The highest BCUT2D eigenvalue weighted by molar-refractivity contribution is 8.15. The molecular formula is C19H17N3O3S. The Hall–Kier alpha value is -2.80. The molecule has 2 heterocycles. The maximum atomic E-state index is 12.5. The smallest absolute Gasteiger partial charge is 0.240 e. The van der Waals surface area contributed by atoms with Gasteiger partial charge in [0.25, 0.3) is 0 Å². The van der Waals surface area contributed by atoms with Crippen LogP contribution in [-0.2, 0) is 9.59 Å². The normalized spacial score (nSPS) is 22.9. The summed E-state index contributed by atoms with van der Waals surface area (Å²) < 4.78 is 5.57. The van der Waals surface area contributed by atoms with E-state index in [1.54, 1.807) is 0 Å². The lowest BCUT2D eigenvalue weighted by atomic mass is 9.96. The second-order valence-electron chi connectivity index (χ2n) is 5.90. The third kappa shape index (κ3) is 2.94. The van der Waals surface area contributed by atoms with Crippen molar-refractivity contribution in [1.29, 1.82) is 0 Å². The van der Waals surface area contributed by atoms with Crippen LogP contribution in [0.5, 0.6) is 5.75 Å². The number of amides is 2. The van der Waals surface area contributed by atoms with Crippen LogP contribution in [0.2, 0.25) is 0 Å². The molecule has 2 aliphatic rings. The second-order valence-corrected chi connectivity index (χ2v) is 7.03. The number of fused-ring (bicyclic) bond motifs is 1. The molecule has 2 aromatic carbocycles. The molecule has 0 aromatic heterocycles. The Morgan fingerprint density at radius 2 is 1.81 bits per heavy atom. The van der Waals surface area contributed by atoms with Crippen LogP contribution in [0.3, 0.4) is 0 Å². The van der Waals surface area contributed by atoms with Crippen molar-refractivity contribution in [3.8, 4) is 5.75 Å². The van der Waals surface area contributed by atoms with Crippen molar-refractivity contribution in [2.45, 2.75) is 18.1 Å². The van der Waals surface area contributed by atoms with Gasteiger partial charge in [-0.2, -0.15) is 0 Å². The monoisotopic (exact) mass is 367 g/mol. The molecule has 6 nitrogen and oxygen atoms in total. The van der Waals surface area contributed by atoms with E-state index in [9.17, 15) is 9.59 Å². The van der Waals surface area contributed by atoms with Crippen LogP contribution in [0.15, 0.2) is 53.5 Å². The van der Waals surface area contributed by atoms with Crippen molar-refractivity contribution < 1.29 is 14.3 Å². The van der Waals surface area contributed by atoms with Crippen LogP contribution >= 0.6 is 11.8 Å². The summed E-state index contributed by atoms with van der Waals surface area (Å²) >= 11 is 1.28. The Labute approximate surface area is 155 Å². The first-order chi connectivity index (χ1) is 12.7. The lowest BCUT2D eigenvalue weighted by Crippen LogP contribution is -2.31. The third-order valence-corrected chi connectivity index (χ3v) is 5.41. The minimum atomic E-state index is -0.545. The highest BCUT2D eigenvalue weighted by atomic mass is 32.2. The largest absolute Gasteiger partial charge is 0.492 e. The highest BCUT2D eigenvalue weighted by Gasteiger charge is 2.45. The van der Waals surface area contributed by atoms with Crippen LogP contribution in [0, 0.1) is 0 Å². The minimum Gasteiger partial charge on any atom is -0.492 e. The standard InChI is InChI=1S/C19H17N3O3S/c1-2-25-14-10-6-5-9-13(14)21-19-22-18(24)16(26-19)15-11-7-3-4-8-12(11)20-17(15)23/h3-10,15-16H,2H2,1H3,(H,20,23)(H,21,22,24). The number of thioether (sulfide) groups is 1. The predicted octanol–water partition coefficient (Wildman–Crippen LogP) is 3.04. The fourth-order valence-corrected chi connectivity index (χ4v) is 4.25. The SMILES string of the molecule is CCOc1ccccc1N=C1NC(=O)C(C2C(=O)Nc3ccccc32)S1. The molecule has 4 rings (SSSR count). The van der Waals surface area contributed by atoms with Crippen LogP contribution in [0.4, 0.5) is 11.4 Å². The fourth-order valence-electron chi connectivity index (χ4n) is 3.12. The number of para-hydroxylation sites is 3. The number of carbonyl (C=O) groups excluding carboxylic acids is 2. The molecule has 2 unspecified atom stereocenters. The molecule has 2 atom stereocenters. The zero-order chi connectivity index (χ0) is 18.1. The van der Waals surface area contributed by atoms with Gasteiger partial charge in [-0.05, 0) is 30.7 Å². The summed E-state index contributed by atoms with van der Waals surface area (Å²) in [5, 5.41) is 5.56. The molecule has 0 spiro atoms. The molecule has 0 aliphatic carbocycles. The molecule has 132 valence electrons. The fraction of sp³-hybridized carbons (Fsp3) is 0.211. The number of nitrogens with zero attached hydrogens (tertiary/aromatic N) is 1. The van der Waals surface area contributed by atoms with Crippen molar-refractivity contribution >= 4 is 40.1 Å². The maximum Gasteiger partial charge on any atom is 0.240 e. The summed E-state index contributed by atoms with van der Waals surface area (Å²) in [6.45, 7) is 2.44. The first-order valence-electron chi connectivity index (χ1n) is 8.35. The molecule has 2 amide bonds. The van der Waals surface area contributed by atoms with Gasteiger partial charge in [0.05, 0.1) is 12.5 Å². The van der Waals surface area contributed by atoms with Gasteiger partial charge in [-0.25, -0.2) is 4.99 Å². The Morgan fingerprint density at radius 1 is 1.04 bits per heavy atom. The lowest BCUT2D eigenvalue weighted by molar-refractivity contribution is -0.123. The molecule has 1 saturated heterocycles. The molecule has 2 N–H and O–H groups in total. The van der Waals surface area contributed by atoms with E-state index in [-0.39, 0.29) is 11.8 Å². The summed E-state index contributed by atoms with van der Waals surface area (Å²) in [6, 6.07) is 14.9. The molecule has 26 heavy (non-hydrogen) atoms. The van der Waals surface area contributed by atoms with E-state index in [0.29, 0.717) is 23.2 Å².